The van der Waals surface area contributed by atoms with Gasteiger partial charge in [-0.1, -0.05) is 6.08 Å². The van der Waals surface area contributed by atoms with Crippen LogP contribution in [0.15, 0.2) is 23.7 Å². The van der Waals surface area contributed by atoms with Crippen molar-refractivity contribution in [1.82, 2.24) is 5.32 Å². The van der Waals surface area contributed by atoms with E-state index in [1.807, 2.05) is 6.08 Å². The summed E-state index contributed by atoms with van der Waals surface area (Å²) < 4.78 is 10.5. The molecule has 0 aromatic carbocycles. The summed E-state index contributed by atoms with van der Waals surface area (Å²) in [6.07, 6.45) is 4.97. The fraction of sp³-hybridized carbons (Fsp3) is 0.556. The molecule has 0 N–H and O–H groups in total. The van der Waals surface area contributed by atoms with E-state index in [-0.39, 0.29) is 5.54 Å². The monoisotopic (exact) mass is 166 g/mol. The van der Waals surface area contributed by atoms with Crippen LogP contribution in [0.4, 0.5) is 0 Å². The second-order valence-corrected chi connectivity index (χ2v) is 3.06. The van der Waals surface area contributed by atoms with E-state index < -0.39 is 0 Å². The lowest BCUT2D eigenvalue weighted by molar-refractivity contribution is 0.202. The highest BCUT2D eigenvalue weighted by Gasteiger charge is 2.51. The molecule has 1 saturated heterocycles. The Morgan fingerprint density at radius 2 is 2.17 bits per heavy atom. The molecular formula is C9H12NO2. The van der Waals surface area contributed by atoms with Gasteiger partial charge in [-0.25, -0.2) is 5.32 Å². The summed E-state index contributed by atoms with van der Waals surface area (Å²) >= 11 is 0. The van der Waals surface area contributed by atoms with E-state index in [4.69, 9.17) is 9.47 Å². The Bertz CT molecular complexity index is 251. The van der Waals surface area contributed by atoms with Crippen molar-refractivity contribution in [2.75, 3.05) is 20.8 Å². The summed E-state index contributed by atoms with van der Waals surface area (Å²) in [6, 6.07) is 0. The Balaban J connectivity index is 2.33. The van der Waals surface area contributed by atoms with E-state index in [0.29, 0.717) is 0 Å². The molecular weight excluding hydrogens is 154 g/mol. The molecule has 65 valence electrons. The van der Waals surface area contributed by atoms with Crippen molar-refractivity contribution in [3.05, 3.63) is 23.7 Å². The lowest BCUT2D eigenvalue weighted by atomic mass is 9.97. The van der Waals surface area contributed by atoms with Crippen LogP contribution in [-0.2, 0) is 9.47 Å². The van der Waals surface area contributed by atoms with Crippen LogP contribution in [0.1, 0.15) is 6.42 Å². The molecule has 1 atom stereocenters. The third kappa shape index (κ3) is 0.932. The van der Waals surface area contributed by atoms with Gasteiger partial charge in [0.2, 0.25) is 0 Å². The molecule has 0 bridgehead atoms. The molecule has 1 aliphatic carbocycles. The van der Waals surface area contributed by atoms with Crippen LogP contribution in [0.25, 0.3) is 0 Å². The fourth-order valence-electron chi connectivity index (χ4n) is 1.58. The molecule has 1 radical (unpaired) electrons. The first-order valence-corrected chi connectivity index (χ1v) is 4.00. The van der Waals surface area contributed by atoms with Crippen LogP contribution in [0.3, 0.4) is 0 Å². The van der Waals surface area contributed by atoms with Crippen molar-refractivity contribution >= 4 is 0 Å². The third-order valence-electron chi connectivity index (χ3n) is 2.34. The largest absolute Gasteiger partial charge is 0.495 e. The molecule has 2 aliphatic rings. The molecule has 3 heteroatoms. The normalized spacial score (nSPS) is 32.5. The molecule has 12 heavy (non-hydrogen) atoms. The van der Waals surface area contributed by atoms with Gasteiger partial charge in [0.25, 0.3) is 0 Å². The van der Waals surface area contributed by atoms with Crippen LogP contribution in [0.2, 0.25) is 0 Å². The van der Waals surface area contributed by atoms with Crippen molar-refractivity contribution < 1.29 is 9.47 Å². The number of rotatable bonds is 2. The second kappa shape index (κ2) is 2.52. The quantitative estimate of drug-likeness (QED) is 0.568. The van der Waals surface area contributed by atoms with E-state index in [0.717, 1.165) is 24.5 Å². The van der Waals surface area contributed by atoms with E-state index in [9.17, 15) is 0 Å². The molecule has 2 rings (SSSR count). The first kappa shape index (κ1) is 7.68. The molecule has 0 saturated carbocycles. The highest BCUT2D eigenvalue weighted by atomic mass is 16.5. The number of hydrogen-bond donors (Lipinski definition) is 0. The van der Waals surface area contributed by atoms with Crippen molar-refractivity contribution in [3.8, 4) is 0 Å². The Morgan fingerprint density at radius 1 is 1.42 bits per heavy atom. The van der Waals surface area contributed by atoms with E-state index >= 15 is 0 Å². The molecule has 1 fully saturated rings. The van der Waals surface area contributed by atoms with Crippen LogP contribution < -0.4 is 5.32 Å². The Labute approximate surface area is 72.0 Å². The van der Waals surface area contributed by atoms with Crippen LogP contribution in [0, 0.1) is 0 Å². The Kier molecular flexibility index (Phi) is 1.61. The van der Waals surface area contributed by atoms with Gasteiger partial charge in [-0.05, 0) is 12.5 Å². The summed E-state index contributed by atoms with van der Waals surface area (Å²) in [6.45, 7) is 0.868. The van der Waals surface area contributed by atoms with Crippen LogP contribution in [-0.4, -0.2) is 26.3 Å². The summed E-state index contributed by atoms with van der Waals surface area (Å²) in [5.74, 6) is 1.69. The fourth-order valence-corrected chi connectivity index (χ4v) is 1.58. The standard InChI is InChI=1S/C9H12NO2/c1-11-7-4-3-5-9(6-10-9)8(7)12-2/h3-4H,5-6H2,1-2H3. The average molecular weight is 166 g/mol. The second-order valence-electron chi connectivity index (χ2n) is 3.06. The first-order valence-electron chi connectivity index (χ1n) is 4.00. The molecule has 1 aliphatic heterocycles. The zero-order valence-corrected chi connectivity index (χ0v) is 7.33. The summed E-state index contributed by atoms with van der Waals surface area (Å²) in [5.41, 5.74) is -0.0607. The summed E-state index contributed by atoms with van der Waals surface area (Å²) in [4.78, 5) is 0. The maximum Gasteiger partial charge on any atom is 0.161 e. The van der Waals surface area contributed by atoms with Crippen molar-refractivity contribution in [2.45, 2.75) is 12.0 Å². The third-order valence-corrected chi connectivity index (χ3v) is 2.34. The van der Waals surface area contributed by atoms with Crippen LogP contribution >= 0.6 is 0 Å². The zero-order chi connectivity index (χ0) is 8.60. The lowest BCUT2D eigenvalue weighted by Gasteiger charge is -2.20. The van der Waals surface area contributed by atoms with Gasteiger partial charge in [-0.2, -0.15) is 0 Å². The topological polar surface area (TPSA) is 32.6 Å². The zero-order valence-electron chi connectivity index (χ0n) is 7.33. The van der Waals surface area contributed by atoms with Gasteiger partial charge in [0.1, 0.15) is 5.54 Å². The van der Waals surface area contributed by atoms with Gasteiger partial charge in [0.15, 0.2) is 11.5 Å². The smallest absolute Gasteiger partial charge is 0.161 e. The van der Waals surface area contributed by atoms with Crippen LogP contribution in [0.5, 0.6) is 0 Å². The van der Waals surface area contributed by atoms with Crippen molar-refractivity contribution in [3.63, 3.8) is 0 Å². The van der Waals surface area contributed by atoms with Gasteiger partial charge in [0.05, 0.1) is 14.2 Å². The Morgan fingerprint density at radius 3 is 2.67 bits per heavy atom. The molecule has 1 spiro atoms. The van der Waals surface area contributed by atoms with E-state index in [1.54, 1.807) is 14.2 Å². The van der Waals surface area contributed by atoms with Crippen molar-refractivity contribution in [2.24, 2.45) is 0 Å². The molecule has 0 amide bonds. The molecule has 1 heterocycles. The number of nitrogens with zero attached hydrogens (tertiary/aromatic N) is 1. The minimum absolute atomic E-state index is 0.0607. The first-order chi connectivity index (χ1) is 5.82. The van der Waals surface area contributed by atoms with Gasteiger partial charge in [-0.3, -0.25) is 0 Å². The van der Waals surface area contributed by atoms with E-state index in [2.05, 4.69) is 11.4 Å². The molecule has 3 nitrogen and oxygen atoms in total. The minimum Gasteiger partial charge on any atom is -0.495 e. The number of hydrogen-bond acceptors (Lipinski definition) is 2. The lowest BCUT2D eigenvalue weighted by Crippen LogP contribution is -2.22. The van der Waals surface area contributed by atoms with E-state index in [1.165, 1.54) is 0 Å². The number of methoxy groups -OCH3 is 2. The van der Waals surface area contributed by atoms with Gasteiger partial charge >= 0.3 is 0 Å². The number of ether oxygens (including phenoxy) is 2. The molecule has 1 unspecified atom stereocenters. The van der Waals surface area contributed by atoms with Gasteiger partial charge in [-0.15, -0.1) is 0 Å². The summed E-state index contributed by atoms with van der Waals surface area (Å²) in [5, 5.41) is 4.33. The highest BCUT2D eigenvalue weighted by molar-refractivity contribution is 5.37. The maximum absolute atomic E-state index is 5.28. The van der Waals surface area contributed by atoms with Crippen molar-refractivity contribution in [1.29, 1.82) is 0 Å². The van der Waals surface area contributed by atoms with Gasteiger partial charge in [0, 0.05) is 6.54 Å². The molecule has 0 aromatic heterocycles. The molecule has 0 aromatic rings. The average Bonchev–Trinajstić information content (AvgIpc) is 2.85. The highest BCUT2D eigenvalue weighted by Crippen LogP contribution is 2.38. The maximum atomic E-state index is 5.28. The number of allylic oxidation sites excluding steroid dienone is 1. The predicted octanol–water partition coefficient (Wildman–Crippen LogP) is 0.807. The SMILES string of the molecule is COC1=C(OC)C2(CC=C1)C[N]2. The van der Waals surface area contributed by atoms with Gasteiger partial charge < -0.3 is 9.47 Å². The predicted molar refractivity (Wildman–Crippen MR) is 44.5 cm³/mol. The summed E-state index contributed by atoms with van der Waals surface area (Å²) in [7, 11) is 3.32. The Hall–Kier alpha value is -0.960. The minimum atomic E-state index is -0.0607.